The first kappa shape index (κ1) is 9.94. The Hall–Kier alpha value is -0.600. The third kappa shape index (κ3) is 1.64. The van der Waals surface area contributed by atoms with E-state index in [0.717, 1.165) is 0 Å². The zero-order chi connectivity index (χ0) is 10.1. The topological polar surface area (TPSA) is 0 Å². The summed E-state index contributed by atoms with van der Waals surface area (Å²) in [7, 11) is 0. The number of hydrogen-bond acceptors (Lipinski definition) is 1. The lowest BCUT2D eigenvalue weighted by molar-refractivity contribution is 1.34. The zero-order valence-electron chi connectivity index (χ0n) is 8.17. The molecule has 0 aliphatic heterocycles. The van der Waals surface area contributed by atoms with Crippen LogP contribution in [0.2, 0.25) is 0 Å². The maximum absolute atomic E-state index is 3.62. The van der Waals surface area contributed by atoms with E-state index < -0.39 is 0 Å². The van der Waals surface area contributed by atoms with Gasteiger partial charge in [-0.25, -0.2) is 0 Å². The van der Waals surface area contributed by atoms with Crippen molar-refractivity contribution in [3.05, 3.63) is 44.6 Å². The predicted octanol–water partition coefficient (Wildman–Crippen LogP) is 4.79. The lowest BCUT2D eigenvalue weighted by Gasteiger charge is -2.08. The third-order valence-corrected chi connectivity index (χ3v) is 4.32. The SMILES string of the molecule is Cc1ccc(-c2ccsc2)c(C)c1Br. The number of rotatable bonds is 1. The van der Waals surface area contributed by atoms with Crippen molar-refractivity contribution in [2.45, 2.75) is 13.8 Å². The molecule has 14 heavy (non-hydrogen) atoms. The molecule has 0 bridgehead atoms. The van der Waals surface area contributed by atoms with Gasteiger partial charge in [-0.1, -0.05) is 28.1 Å². The van der Waals surface area contributed by atoms with Crippen LogP contribution in [0.5, 0.6) is 0 Å². The van der Waals surface area contributed by atoms with Gasteiger partial charge in [0, 0.05) is 4.47 Å². The van der Waals surface area contributed by atoms with E-state index in [1.807, 2.05) is 0 Å². The fraction of sp³-hybridized carbons (Fsp3) is 0.167. The molecule has 0 aliphatic rings. The monoisotopic (exact) mass is 266 g/mol. The van der Waals surface area contributed by atoms with Crippen molar-refractivity contribution in [2.24, 2.45) is 0 Å². The Morgan fingerprint density at radius 1 is 1.14 bits per heavy atom. The summed E-state index contributed by atoms with van der Waals surface area (Å²) < 4.78 is 1.22. The summed E-state index contributed by atoms with van der Waals surface area (Å²) in [5, 5.41) is 4.30. The first-order valence-electron chi connectivity index (χ1n) is 4.48. The van der Waals surface area contributed by atoms with Crippen LogP contribution in [0.3, 0.4) is 0 Å². The Labute approximate surface area is 96.7 Å². The molecule has 0 fully saturated rings. The summed E-state index contributed by atoms with van der Waals surface area (Å²) in [6.45, 7) is 4.28. The van der Waals surface area contributed by atoms with Gasteiger partial charge in [0.25, 0.3) is 0 Å². The highest BCUT2D eigenvalue weighted by Gasteiger charge is 2.06. The van der Waals surface area contributed by atoms with Crippen LogP contribution in [-0.2, 0) is 0 Å². The molecule has 0 N–H and O–H groups in total. The van der Waals surface area contributed by atoms with Gasteiger partial charge in [-0.05, 0) is 52.9 Å². The second kappa shape index (κ2) is 3.87. The van der Waals surface area contributed by atoms with Crippen LogP contribution < -0.4 is 0 Å². The van der Waals surface area contributed by atoms with Gasteiger partial charge >= 0.3 is 0 Å². The minimum absolute atomic E-state index is 1.22. The van der Waals surface area contributed by atoms with Crippen molar-refractivity contribution >= 4 is 27.3 Å². The minimum Gasteiger partial charge on any atom is -0.152 e. The Balaban J connectivity index is 2.61. The number of thiophene rings is 1. The van der Waals surface area contributed by atoms with E-state index in [-0.39, 0.29) is 0 Å². The second-order valence-electron chi connectivity index (χ2n) is 3.38. The number of hydrogen-bond donors (Lipinski definition) is 0. The maximum Gasteiger partial charge on any atom is 0.0239 e. The molecule has 2 heteroatoms. The molecule has 72 valence electrons. The van der Waals surface area contributed by atoms with E-state index in [1.165, 1.54) is 26.7 Å². The highest BCUT2D eigenvalue weighted by atomic mass is 79.9. The van der Waals surface area contributed by atoms with Crippen molar-refractivity contribution in [1.29, 1.82) is 0 Å². The normalized spacial score (nSPS) is 10.5. The summed E-state index contributed by atoms with van der Waals surface area (Å²) in [6, 6.07) is 6.51. The molecule has 1 aromatic heterocycles. The van der Waals surface area contributed by atoms with E-state index in [0.29, 0.717) is 0 Å². The molecule has 0 amide bonds. The van der Waals surface area contributed by atoms with Crippen LogP contribution in [0.1, 0.15) is 11.1 Å². The van der Waals surface area contributed by atoms with Crippen LogP contribution in [0.4, 0.5) is 0 Å². The maximum atomic E-state index is 3.62. The van der Waals surface area contributed by atoms with Gasteiger partial charge in [-0.15, -0.1) is 0 Å². The molecule has 1 heterocycles. The molecular formula is C12H11BrS. The summed E-state index contributed by atoms with van der Waals surface area (Å²) in [5.74, 6) is 0. The van der Waals surface area contributed by atoms with Gasteiger partial charge in [0.15, 0.2) is 0 Å². The molecule has 0 saturated carbocycles. The van der Waals surface area contributed by atoms with Gasteiger partial charge in [0.05, 0.1) is 0 Å². The Kier molecular flexibility index (Phi) is 2.75. The Morgan fingerprint density at radius 3 is 2.57 bits per heavy atom. The molecule has 0 spiro atoms. The standard InChI is InChI=1S/C12H11BrS/c1-8-3-4-11(9(2)12(8)13)10-5-6-14-7-10/h3-7H,1-2H3. The van der Waals surface area contributed by atoms with Crippen molar-refractivity contribution < 1.29 is 0 Å². The highest BCUT2D eigenvalue weighted by Crippen LogP contribution is 2.31. The van der Waals surface area contributed by atoms with Crippen LogP contribution >= 0.6 is 27.3 Å². The van der Waals surface area contributed by atoms with Gasteiger partial charge in [0.1, 0.15) is 0 Å². The van der Waals surface area contributed by atoms with E-state index >= 15 is 0 Å². The quantitative estimate of drug-likeness (QED) is 0.696. The summed E-state index contributed by atoms with van der Waals surface area (Å²) in [5.41, 5.74) is 5.25. The average molecular weight is 267 g/mol. The summed E-state index contributed by atoms with van der Waals surface area (Å²) in [4.78, 5) is 0. The van der Waals surface area contributed by atoms with Crippen molar-refractivity contribution in [1.82, 2.24) is 0 Å². The van der Waals surface area contributed by atoms with Crippen LogP contribution in [-0.4, -0.2) is 0 Å². The first-order valence-corrected chi connectivity index (χ1v) is 6.22. The average Bonchev–Trinajstić information content (AvgIpc) is 2.67. The van der Waals surface area contributed by atoms with Crippen LogP contribution in [0, 0.1) is 13.8 Å². The molecule has 0 saturated heterocycles. The predicted molar refractivity (Wildman–Crippen MR) is 66.9 cm³/mol. The zero-order valence-corrected chi connectivity index (χ0v) is 10.6. The Bertz CT molecular complexity index is 444. The second-order valence-corrected chi connectivity index (χ2v) is 4.95. The van der Waals surface area contributed by atoms with Gasteiger partial charge in [0.2, 0.25) is 0 Å². The molecular weight excluding hydrogens is 256 g/mol. The molecule has 2 aromatic rings. The lowest BCUT2D eigenvalue weighted by Crippen LogP contribution is -1.85. The van der Waals surface area contributed by atoms with E-state index in [2.05, 4.69) is 58.7 Å². The van der Waals surface area contributed by atoms with Gasteiger partial charge in [-0.2, -0.15) is 11.3 Å². The minimum atomic E-state index is 1.22. The van der Waals surface area contributed by atoms with Crippen LogP contribution in [0.15, 0.2) is 33.4 Å². The van der Waals surface area contributed by atoms with Crippen molar-refractivity contribution in [3.8, 4) is 11.1 Å². The van der Waals surface area contributed by atoms with Crippen molar-refractivity contribution in [3.63, 3.8) is 0 Å². The van der Waals surface area contributed by atoms with Crippen LogP contribution in [0.25, 0.3) is 11.1 Å². The Morgan fingerprint density at radius 2 is 1.93 bits per heavy atom. The smallest absolute Gasteiger partial charge is 0.0239 e. The highest BCUT2D eigenvalue weighted by molar-refractivity contribution is 9.10. The van der Waals surface area contributed by atoms with Gasteiger partial charge < -0.3 is 0 Å². The fourth-order valence-electron chi connectivity index (χ4n) is 1.55. The van der Waals surface area contributed by atoms with E-state index in [9.17, 15) is 0 Å². The van der Waals surface area contributed by atoms with Gasteiger partial charge in [-0.3, -0.25) is 0 Å². The fourth-order valence-corrected chi connectivity index (χ4v) is 2.55. The number of benzene rings is 1. The summed E-state index contributed by atoms with van der Waals surface area (Å²) in [6.07, 6.45) is 0. The largest absolute Gasteiger partial charge is 0.152 e. The molecule has 0 nitrogen and oxygen atoms in total. The molecule has 0 unspecified atom stereocenters. The first-order chi connectivity index (χ1) is 6.70. The third-order valence-electron chi connectivity index (χ3n) is 2.41. The summed E-state index contributed by atoms with van der Waals surface area (Å²) >= 11 is 5.36. The molecule has 0 aliphatic carbocycles. The molecule has 0 radical (unpaired) electrons. The molecule has 2 rings (SSSR count). The lowest BCUT2D eigenvalue weighted by atomic mass is 10.0. The van der Waals surface area contributed by atoms with Crippen molar-refractivity contribution in [2.75, 3.05) is 0 Å². The molecule has 0 atom stereocenters. The number of aryl methyl sites for hydroxylation is 1. The molecule has 1 aromatic carbocycles. The van der Waals surface area contributed by atoms with E-state index in [1.54, 1.807) is 11.3 Å². The number of halogens is 1. The van der Waals surface area contributed by atoms with E-state index in [4.69, 9.17) is 0 Å².